The fourth-order valence-electron chi connectivity index (χ4n) is 8.57. The first-order valence-corrected chi connectivity index (χ1v) is 28.6. The van der Waals surface area contributed by atoms with Crippen LogP contribution in [-0.4, -0.2) is 99.6 Å². The standard InChI is InChI=1S/C59H105NO10/c1-4-7-10-13-16-19-22-24-25-26-27-28-29-32-34-37-40-43-46-52(63)58(67)60-50(51(62)45-42-39-36-33-31-23-20-17-14-11-8-5-2)49-68-59-57(56(66)55(65)53(48-61)69-59)70-54(64)47-44-41-38-35-30-21-18-15-12-9-6-3/h16,19,24-25,27-28,32,34,42,45,50-53,55-57,59,61-63,65-66H,4-15,17-18,20-23,26,29-31,33,35-41,43-44,46-49H2,1-3H3,(H,60,67)/b19-16-,25-24-,28-27-,34-32-,45-42+. The highest BCUT2D eigenvalue weighted by molar-refractivity contribution is 5.80. The Morgan fingerprint density at radius 2 is 0.986 bits per heavy atom. The number of ether oxygens (including phenoxy) is 3. The van der Waals surface area contributed by atoms with Crippen LogP contribution in [0.25, 0.3) is 0 Å². The van der Waals surface area contributed by atoms with Gasteiger partial charge < -0.3 is 45.1 Å². The van der Waals surface area contributed by atoms with Gasteiger partial charge in [0.2, 0.25) is 5.91 Å². The van der Waals surface area contributed by atoms with E-state index in [0.29, 0.717) is 12.8 Å². The molecule has 1 aliphatic rings. The maximum Gasteiger partial charge on any atom is 0.306 e. The minimum Gasteiger partial charge on any atom is -0.454 e. The molecule has 8 atom stereocenters. The zero-order valence-electron chi connectivity index (χ0n) is 44.6. The van der Waals surface area contributed by atoms with Crippen LogP contribution in [0.2, 0.25) is 0 Å². The van der Waals surface area contributed by atoms with Crippen LogP contribution in [0.4, 0.5) is 0 Å². The summed E-state index contributed by atoms with van der Waals surface area (Å²) in [6.45, 7) is 5.71. The molecule has 0 saturated carbocycles. The van der Waals surface area contributed by atoms with Crippen LogP contribution >= 0.6 is 0 Å². The van der Waals surface area contributed by atoms with Gasteiger partial charge in [0, 0.05) is 6.42 Å². The Morgan fingerprint density at radius 3 is 1.50 bits per heavy atom. The van der Waals surface area contributed by atoms with Crippen molar-refractivity contribution in [3.05, 3.63) is 60.8 Å². The summed E-state index contributed by atoms with van der Waals surface area (Å²) in [5.41, 5.74) is 0. The van der Waals surface area contributed by atoms with Gasteiger partial charge in [-0.2, -0.15) is 0 Å². The van der Waals surface area contributed by atoms with E-state index >= 15 is 0 Å². The van der Waals surface area contributed by atoms with Gasteiger partial charge in [0.25, 0.3) is 0 Å². The predicted molar refractivity (Wildman–Crippen MR) is 287 cm³/mol. The molecule has 0 aromatic heterocycles. The van der Waals surface area contributed by atoms with Crippen LogP contribution in [0, 0.1) is 0 Å². The minimum absolute atomic E-state index is 0.120. The largest absolute Gasteiger partial charge is 0.454 e. The Bertz CT molecular complexity index is 1370. The smallest absolute Gasteiger partial charge is 0.306 e. The molecule has 0 aliphatic carbocycles. The molecule has 11 heteroatoms. The molecule has 0 spiro atoms. The minimum atomic E-state index is -1.62. The highest BCUT2D eigenvalue weighted by Gasteiger charge is 2.47. The molecule has 1 saturated heterocycles. The molecule has 11 nitrogen and oxygen atoms in total. The molecular formula is C59H105NO10. The molecule has 1 fully saturated rings. The van der Waals surface area contributed by atoms with Crippen LogP contribution in [0.1, 0.15) is 239 Å². The zero-order chi connectivity index (χ0) is 51.1. The lowest BCUT2D eigenvalue weighted by atomic mass is 9.99. The lowest BCUT2D eigenvalue weighted by Crippen LogP contribution is -2.61. The summed E-state index contributed by atoms with van der Waals surface area (Å²) < 4.78 is 17.5. The number of aliphatic hydroxyl groups excluding tert-OH is 5. The summed E-state index contributed by atoms with van der Waals surface area (Å²) >= 11 is 0. The van der Waals surface area contributed by atoms with Crippen molar-refractivity contribution in [2.45, 2.75) is 288 Å². The van der Waals surface area contributed by atoms with Crippen molar-refractivity contribution in [3.63, 3.8) is 0 Å². The Hall–Kier alpha value is -2.64. The first kappa shape index (κ1) is 65.4. The number of hydrogen-bond acceptors (Lipinski definition) is 10. The van der Waals surface area contributed by atoms with Gasteiger partial charge in [-0.15, -0.1) is 0 Å². The number of rotatable bonds is 47. The molecule has 0 radical (unpaired) electrons. The molecule has 0 aromatic rings. The molecule has 6 N–H and O–H groups in total. The van der Waals surface area contributed by atoms with Crippen molar-refractivity contribution >= 4 is 11.9 Å². The number of hydrogen-bond donors (Lipinski definition) is 6. The second-order valence-corrected chi connectivity index (χ2v) is 19.7. The topological polar surface area (TPSA) is 175 Å². The summed E-state index contributed by atoms with van der Waals surface area (Å²) in [5.74, 6) is -1.23. The third kappa shape index (κ3) is 35.5. The number of unbranched alkanes of at least 4 members (excludes halogenated alkanes) is 25. The quantitative estimate of drug-likeness (QED) is 0.0196. The van der Waals surface area contributed by atoms with E-state index in [4.69, 9.17) is 14.2 Å². The van der Waals surface area contributed by atoms with E-state index in [1.165, 1.54) is 116 Å². The Kier molecular flexibility index (Phi) is 44.2. The molecule has 0 aromatic carbocycles. The number of carbonyl (C=O) groups is 2. The lowest BCUT2D eigenvalue weighted by Gasteiger charge is -2.41. The van der Waals surface area contributed by atoms with Crippen LogP contribution in [-0.2, 0) is 23.8 Å². The number of nitrogens with one attached hydrogen (secondary N) is 1. The van der Waals surface area contributed by atoms with Crippen molar-refractivity contribution in [3.8, 4) is 0 Å². The van der Waals surface area contributed by atoms with Gasteiger partial charge in [0.05, 0.1) is 25.4 Å². The Morgan fingerprint density at radius 1 is 0.557 bits per heavy atom. The van der Waals surface area contributed by atoms with Crippen molar-refractivity contribution < 1.29 is 49.3 Å². The van der Waals surface area contributed by atoms with Crippen molar-refractivity contribution in [2.24, 2.45) is 0 Å². The molecule has 1 aliphatic heterocycles. The van der Waals surface area contributed by atoms with Gasteiger partial charge in [-0.3, -0.25) is 9.59 Å². The number of carbonyl (C=O) groups excluding carboxylic acids is 2. The van der Waals surface area contributed by atoms with E-state index in [1.54, 1.807) is 6.08 Å². The molecule has 0 bridgehead atoms. The van der Waals surface area contributed by atoms with E-state index in [0.717, 1.165) is 77.0 Å². The maximum absolute atomic E-state index is 13.4. The fraction of sp³-hybridized carbons (Fsp3) is 0.797. The third-order valence-corrected chi connectivity index (χ3v) is 13.2. The number of esters is 1. The number of amides is 1. The highest BCUT2D eigenvalue weighted by Crippen LogP contribution is 2.26. The van der Waals surface area contributed by atoms with E-state index in [-0.39, 0.29) is 19.4 Å². The molecule has 1 rings (SSSR count). The second-order valence-electron chi connectivity index (χ2n) is 19.7. The lowest BCUT2D eigenvalue weighted by molar-refractivity contribution is -0.305. The van der Waals surface area contributed by atoms with Gasteiger partial charge in [-0.25, -0.2) is 0 Å². The molecular weight excluding hydrogens is 883 g/mol. The molecule has 1 heterocycles. The van der Waals surface area contributed by atoms with Gasteiger partial charge >= 0.3 is 5.97 Å². The van der Waals surface area contributed by atoms with E-state index in [2.05, 4.69) is 74.7 Å². The predicted octanol–water partition coefficient (Wildman–Crippen LogP) is 12.7. The first-order chi connectivity index (χ1) is 34.2. The van der Waals surface area contributed by atoms with Crippen LogP contribution in [0.15, 0.2) is 60.8 Å². The fourth-order valence-corrected chi connectivity index (χ4v) is 8.57. The molecule has 70 heavy (non-hydrogen) atoms. The first-order valence-electron chi connectivity index (χ1n) is 28.6. The van der Waals surface area contributed by atoms with Crippen molar-refractivity contribution in [1.82, 2.24) is 5.32 Å². The van der Waals surface area contributed by atoms with Crippen molar-refractivity contribution in [2.75, 3.05) is 13.2 Å². The van der Waals surface area contributed by atoms with Gasteiger partial charge in [-0.1, -0.05) is 223 Å². The zero-order valence-corrected chi connectivity index (χ0v) is 44.6. The Labute approximate surface area is 427 Å². The van der Waals surface area contributed by atoms with E-state index in [1.807, 2.05) is 6.08 Å². The van der Waals surface area contributed by atoms with Crippen molar-refractivity contribution in [1.29, 1.82) is 0 Å². The summed E-state index contributed by atoms with van der Waals surface area (Å²) in [6, 6.07) is -1.04. The summed E-state index contributed by atoms with van der Waals surface area (Å²) in [7, 11) is 0. The summed E-state index contributed by atoms with van der Waals surface area (Å²) in [5, 5.41) is 56.7. The van der Waals surface area contributed by atoms with Gasteiger partial charge in [-0.05, 0) is 70.6 Å². The van der Waals surface area contributed by atoms with Gasteiger partial charge in [0.1, 0.15) is 24.4 Å². The average molecular weight is 988 g/mol. The van der Waals surface area contributed by atoms with Crippen LogP contribution in [0.3, 0.4) is 0 Å². The van der Waals surface area contributed by atoms with E-state index < -0.39 is 67.4 Å². The molecule has 8 unspecified atom stereocenters. The van der Waals surface area contributed by atoms with Crippen LogP contribution < -0.4 is 5.32 Å². The number of allylic oxidation sites excluding steroid dienone is 9. The SMILES string of the molecule is CCCCC/C=C\C/C=C\C/C=C\C/C=C\CCCCC(O)C(=O)NC(COC1OC(CO)C(O)C(O)C1OC(=O)CCCCCCCCCCCCC)C(O)/C=C/CCCCCCCCCCCC. The maximum atomic E-state index is 13.4. The normalized spacial score (nSPS) is 20.1. The van der Waals surface area contributed by atoms with Crippen LogP contribution in [0.5, 0.6) is 0 Å². The second kappa shape index (κ2) is 47.4. The molecule has 1 amide bonds. The van der Waals surface area contributed by atoms with Gasteiger partial charge in [0.15, 0.2) is 12.4 Å². The summed E-state index contributed by atoms with van der Waals surface area (Å²) in [4.78, 5) is 26.4. The number of aliphatic hydroxyl groups is 5. The Balaban J connectivity index is 2.76. The third-order valence-electron chi connectivity index (χ3n) is 13.2. The average Bonchev–Trinajstić information content (AvgIpc) is 3.36. The molecule has 406 valence electrons. The summed E-state index contributed by atoms with van der Waals surface area (Å²) in [6.07, 6.45) is 46.9. The highest BCUT2D eigenvalue weighted by atomic mass is 16.7. The van der Waals surface area contributed by atoms with E-state index in [9.17, 15) is 35.1 Å². The monoisotopic (exact) mass is 988 g/mol.